The second kappa shape index (κ2) is 6.18. The first kappa shape index (κ1) is 16.9. The van der Waals surface area contributed by atoms with Crippen molar-refractivity contribution in [1.82, 2.24) is 9.97 Å². The highest BCUT2D eigenvalue weighted by Gasteiger charge is 2.40. The number of benzene rings is 1. The second-order valence-corrected chi connectivity index (χ2v) is 7.80. The molecule has 2 aromatic rings. The molecule has 0 spiro atoms. The van der Waals surface area contributed by atoms with Crippen LogP contribution in [0.25, 0.3) is 11.0 Å². The lowest BCUT2D eigenvalue weighted by Crippen LogP contribution is -2.20. The summed E-state index contributed by atoms with van der Waals surface area (Å²) in [6.45, 7) is 0. The van der Waals surface area contributed by atoms with E-state index in [9.17, 15) is 17.4 Å². The second-order valence-electron chi connectivity index (χ2n) is 5.33. The Hall–Kier alpha value is -0.920. The number of nitrogens with zero attached hydrogens (tertiary/aromatic N) is 2. The molecule has 124 valence electrons. The minimum atomic E-state index is -4.74. The molecule has 0 amide bonds. The summed E-state index contributed by atoms with van der Waals surface area (Å²) in [7, 11) is -1.85. The molecule has 1 aliphatic rings. The third-order valence-electron chi connectivity index (χ3n) is 3.74. The molecule has 1 heterocycles. The van der Waals surface area contributed by atoms with Crippen molar-refractivity contribution in [3.05, 3.63) is 27.9 Å². The summed E-state index contributed by atoms with van der Waals surface area (Å²) in [6, 6.07) is 2.56. The van der Waals surface area contributed by atoms with Crippen molar-refractivity contribution >= 4 is 45.0 Å². The van der Waals surface area contributed by atoms with Gasteiger partial charge in [0.2, 0.25) is 0 Å². The standard InChI is InChI=1S/C14H11Cl2F3N2OS/c15-8-5-10-11(6-9(8)16)21-13(12(20-10)14(17,18)19)23(22)7-3-1-2-4-7/h5-7H,1-4H2. The number of aromatic nitrogens is 2. The minimum absolute atomic E-state index is 0.0288. The Balaban J connectivity index is 2.20. The Bertz CT molecular complexity index is 792. The molecule has 23 heavy (non-hydrogen) atoms. The van der Waals surface area contributed by atoms with Gasteiger partial charge < -0.3 is 0 Å². The van der Waals surface area contributed by atoms with E-state index in [4.69, 9.17) is 23.2 Å². The SMILES string of the molecule is O=S(c1nc2cc(Cl)c(Cl)cc2nc1C(F)(F)F)C1CCCC1. The van der Waals surface area contributed by atoms with Gasteiger partial charge in [0.1, 0.15) is 0 Å². The molecule has 0 radical (unpaired) electrons. The van der Waals surface area contributed by atoms with Crippen LogP contribution < -0.4 is 0 Å². The molecule has 3 rings (SSSR count). The Kier molecular flexibility index (Phi) is 4.55. The lowest BCUT2D eigenvalue weighted by molar-refractivity contribution is -0.143. The fourth-order valence-electron chi connectivity index (χ4n) is 2.62. The van der Waals surface area contributed by atoms with E-state index < -0.39 is 27.7 Å². The quantitative estimate of drug-likeness (QED) is 0.733. The fraction of sp³-hybridized carbons (Fsp3) is 0.429. The summed E-state index contributed by atoms with van der Waals surface area (Å²) >= 11 is 11.7. The Morgan fingerprint density at radius 1 is 1.04 bits per heavy atom. The highest BCUT2D eigenvalue weighted by molar-refractivity contribution is 7.85. The van der Waals surface area contributed by atoms with Crippen molar-refractivity contribution in [2.45, 2.75) is 42.1 Å². The van der Waals surface area contributed by atoms with Crippen LogP contribution in [-0.4, -0.2) is 19.4 Å². The maximum atomic E-state index is 13.3. The van der Waals surface area contributed by atoms with Crippen LogP contribution >= 0.6 is 23.2 Å². The number of fused-ring (bicyclic) bond motifs is 1. The monoisotopic (exact) mass is 382 g/mol. The van der Waals surface area contributed by atoms with Crippen LogP contribution in [-0.2, 0) is 17.0 Å². The molecule has 1 atom stereocenters. The normalized spacial score (nSPS) is 17.8. The van der Waals surface area contributed by atoms with Crippen LogP contribution in [0.1, 0.15) is 31.4 Å². The van der Waals surface area contributed by atoms with E-state index in [1.165, 1.54) is 12.1 Å². The molecule has 1 aromatic heterocycles. The molecule has 1 aromatic carbocycles. The number of rotatable bonds is 2. The molecule has 1 unspecified atom stereocenters. The zero-order valence-corrected chi connectivity index (χ0v) is 14.0. The first-order valence-corrected chi connectivity index (χ1v) is 8.89. The highest BCUT2D eigenvalue weighted by atomic mass is 35.5. The summed E-state index contributed by atoms with van der Waals surface area (Å²) in [5.41, 5.74) is -1.10. The average molecular weight is 383 g/mol. The van der Waals surface area contributed by atoms with Gasteiger partial charge in [0.25, 0.3) is 0 Å². The Labute approximate surface area is 142 Å². The van der Waals surface area contributed by atoms with Gasteiger partial charge in [-0.3, -0.25) is 4.21 Å². The number of halogens is 5. The van der Waals surface area contributed by atoms with Gasteiger partial charge in [0, 0.05) is 5.25 Å². The van der Waals surface area contributed by atoms with E-state index in [1.807, 2.05) is 0 Å². The Morgan fingerprint density at radius 3 is 2.09 bits per heavy atom. The molecule has 1 saturated carbocycles. The fourth-order valence-corrected chi connectivity index (χ4v) is 4.55. The number of hydrogen-bond acceptors (Lipinski definition) is 3. The molecule has 0 N–H and O–H groups in total. The summed E-state index contributed by atoms with van der Waals surface area (Å²) in [5, 5.41) is -0.585. The van der Waals surface area contributed by atoms with Crippen molar-refractivity contribution < 1.29 is 17.4 Å². The molecular weight excluding hydrogens is 372 g/mol. The zero-order chi connectivity index (χ0) is 16.8. The first-order valence-electron chi connectivity index (χ1n) is 6.92. The molecular formula is C14H11Cl2F3N2OS. The van der Waals surface area contributed by atoms with Crippen LogP contribution in [0.3, 0.4) is 0 Å². The van der Waals surface area contributed by atoms with Crippen molar-refractivity contribution in [3.8, 4) is 0 Å². The van der Waals surface area contributed by atoms with Crippen LogP contribution in [0.15, 0.2) is 17.2 Å². The van der Waals surface area contributed by atoms with Crippen molar-refractivity contribution in [1.29, 1.82) is 0 Å². The molecule has 0 saturated heterocycles. The maximum Gasteiger partial charge on any atom is 0.436 e. The van der Waals surface area contributed by atoms with E-state index in [1.54, 1.807) is 0 Å². The van der Waals surface area contributed by atoms with E-state index in [-0.39, 0.29) is 26.3 Å². The first-order chi connectivity index (χ1) is 10.8. The highest BCUT2D eigenvalue weighted by Crippen LogP contribution is 2.36. The summed E-state index contributed by atoms with van der Waals surface area (Å²) in [6.07, 6.45) is -1.76. The van der Waals surface area contributed by atoms with Crippen LogP contribution in [0.4, 0.5) is 13.2 Å². The maximum absolute atomic E-state index is 13.3. The van der Waals surface area contributed by atoms with Crippen LogP contribution in [0.5, 0.6) is 0 Å². The van der Waals surface area contributed by atoms with Crippen LogP contribution in [0.2, 0.25) is 10.0 Å². The molecule has 1 aliphatic carbocycles. The van der Waals surface area contributed by atoms with Gasteiger partial charge in [0.05, 0.1) is 31.9 Å². The van der Waals surface area contributed by atoms with Crippen LogP contribution in [0, 0.1) is 0 Å². The van der Waals surface area contributed by atoms with Crippen molar-refractivity contribution in [3.63, 3.8) is 0 Å². The predicted molar refractivity (Wildman–Crippen MR) is 83.2 cm³/mol. The van der Waals surface area contributed by atoms with Gasteiger partial charge in [-0.2, -0.15) is 13.2 Å². The third kappa shape index (κ3) is 3.32. The van der Waals surface area contributed by atoms with Crippen molar-refractivity contribution in [2.75, 3.05) is 0 Å². The zero-order valence-electron chi connectivity index (χ0n) is 11.7. The van der Waals surface area contributed by atoms with Gasteiger partial charge >= 0.3 is 6.18 Å². The Morgan fingerprint density at radius 2 is 1.57 bits per heavy atom. The number of alkyl halides is 3. The van der Waals surface area contributed by atoms with Crippen molar-refractivity contribution in [2.24, 2.45) is 0 Å². The van der Waals surface area contributed by atoms with Gasteiger partial charge in [0.15, 0.2) is 10.7 Å². The van der Waals surface area contributed by atoms with Gasteiger partial charge in [-0.05, 0) is 25.0 Å². The lowest BCUT2D eigenvalue weighted by Gasteiger charge is -2.15. The molecule has 3 nitrogen and oxygen atoms in total. The molecule has 0 aliphatic heterocycles. The molecule has 9 heteroatoms. The number of hydrogen-bond donors (Lipinski definition) is 0. The third-order valence-corrected chi connectivity index (χ3v) is 6.20. The van der Waals surface area contributed by atoms with E-state index in [0.717, 1.165) is 12.8 Å². The summed E-state index contributed by atoms with van der Waals surface area (Å²) in [4.78, 5) is 7.58. The largest absolute Gasteiger partial charge is 0.436 e. The van der Waals surface area contributed by atoms with Gasteiger partial charge in [-0.25, -0.2) is 9.97 Å². The summed E-state index contributed by atoms with van der Waals surface area (Å²) in [5.74, 6) is 0. The molecule has 1 fully saturated rings. The minimum Gasteiger partial charge on any atom is -0.252 e. The van der Waals surface area contributed by atoms with E-state index in [0.29, 0.717) is 12.8 Å². The van der Waals surface area contributed by atoms with E-state index >= 15 is 0 Å². The average Bonchev–Trinajstić information content (AvgIpc) is 3.00. The smallest absolute Gasteiger partial charge is 0.252 e. The van der Waals surface area contributed by atoms with Gasteiger partial charge in [-0.15, -0.1) is 0 Å². The summed E-state index contributed by atoms with van der Waals surface area (Å²) < 4.78 is 52.5. The van der Waals surface area contributed by atoms with Gasteiger partial charge in [-0.1, -0.05) is 36.0 Å². The molecule has 0 bridgehead atoms. The topological polar surface area (TPSA) is 42.9 Å². The predicted octanol–water partition coefficient (Wildman–Crippen LogP) is 5.01. The van der Waals surface area contributed by atoms with E-state index in [2.05, 4.69) is 9.97 Å². The lowest BCUT2D eigenvalue weighted by atomic mass is 10.3.